The van der Waals surface area contributed by atoms with E-state index in [0.717, 1.165) is 22.6 Å². The lowest BCUT2D eigenvalue weighted by Gasteiger charge is -2.27. The van der Waals surface area contributed by atoms with Crippen molar-refractivity contribution in [2.45, 2.75) is 40.7 Å². The number of aliphatic hydroxyl groups excluding tert-OH is 1. The van der Waals surface area contributed by atoms with Crippen molar-refractivity contribution in [2.75, 3.05) is 13.7 Å². The Balaban J connectivity index is 3.40. The standard InChI is InChI=1S/C17H26O3/c1-12(2)20-16(15(11-18)17(3,4)5)13-8-7-9-14(10-13)19-6/h7-10,12,18H,11H2,1-6H3/b16-15+. The molecule has 0 aromatic heterocycles. The molecule has 1 aromatic carbocycles. The molecule has 1 N–H and O–H groups in total. The minimum Gasteiger partial charge on any atom is -0.497 e. The molecule has 0 atom stereocenters. The first-order valence-electron chi connectivity index (χ1n) is 6.95. The van der Waals surface area contributed by atoms with Gasteiger partial charge in [0, 0.05) is 11.1 Å². The molecule has 0 fully saturated rings. The maximum Gasteiger partial charge on any atom is 0.129 e. The van der Waals surface area contributed by atoms with Gasteiger partial charge in [-0.1, -0.05) is 32.9 Å². The average Bonchev–Trinajstić information content (AvgIpc) is 2.36. The number of methoxy groups -OCH3 is 1. The molecule has 0 aliphatic rings. The highest BCUT2D eigenvalue weighted by molar-refractivity contribution is 5.65. The summed E-state index contributed by atoms with van der Waals surface area (Å²) >= 11 is 0. The highest BCUT2D eigenvalue weighted by Gasteiger charge is 2.23. The van der Waals surface area contributed by atoms with Gasteiger partial charge in [-0.25, -0.2) is 0 Å². The van der Waals surface area contributed by atoms with Crippen LogP contribution in [-0.4, -0.2) is 24.9 Å². The van der Waals surface area contributed by atoms with Crippen molar-refractivity contribution >= 4 is 5.76 Å². The summed E-state index contributed by atoms with van der Waals surface area (Å²) in [6.45, 7) is 10.2. The fraction of sp³-hybridized carbons (Fsp3) is 0.529. The molecule has 0 amide bonds. The predicted molar refractivity (Wildman–Crippen MR) is 82.7 cm³/mol. The number of hydrogen-bond donors (Lipinski definition) is 1. The summed E-state index contributed by atoms with van der Waals surface area (Å²) in [5.41, 5.74) is 1.65. The van der Waals surface area contributed by atoms with Gasteiger partial charge in [-0.15, -0.1) is 0 Å². The number of ether oxygens (including phenoxy) is 2. The van der Waals surface area contributed by atoms with Crippen LogP contribution in [0, 0.1) is 5.41 Å². The van der Waals surface area contributed by atoms with E-state index in [1.54, 1.807) is 7.11 Å². The number of benzene rings is 1. The highest BCUT2D eigenvalue weighted by Crippen LogP contribution is 2.34. The molecule has 1 rings (SSSR count). The Morgan fingerprint density at radius 3 is 2.35 bits per heavy atom. The molecule has 0 radical (unpaired) electrons. The van der Waals surface area contributed by atoms with Crippen molar-refractivity contribution in [3.8, 4) is 5.75 Å². The lowest BCUT2D eigenvalue weighted by atomic mass is 9.84. The zero-order chi connectivity index (χ0) is 15.3. The first kappa shape index (κ1) is 16.6. The third kappa shape index (κ3) is 4.27. The molecule has 0 bridgehead atoms. The molecular weight excluding hydrogens is 252 g/mol. The van der Waals surface area contributed by atoms with E-state index in [4.69, 9.17) is 9.47 Å². The minimum atomic E-state index is -0.165. The van der Waals surface area contributed by atoms with Gasteiger partial charge < -0.3 is 14.6 Å². The van der Waals surface area contributed by atoms with Crippen molar-refractivity contribution in [2.24, 2.45) is 5.41 Å². The zero-order valence-corrected chi connectivity index (χ0v) is 13.4. The van der Waals surface area contributed by atoms with E-state index in [9.17, 15) is 5.11 Å². The fourth-order valence-corrected chi connectivity index (χ4v) is 1.96. The quantitative estimate of drug-likeness (QED) is 0.831. The summed E-state index contributed by atoms with van der Waals surface area (Å²) in [4.78, 5) is 0. The molecule has 3 nitrogen and oxygen atoms in total. The lowest BCUT2D eigenvalue weighted by Crippen LogP contribution is -2.17. The van der Waals surface area contributed by atoms with Crippen LogP contribution in [-0.2, 0) is 4.74 Å². The van der Waals surface area contributed by atoms with E-state index in [0.29, 0.717) is 0 Å². The smallest absolute Gasteiger partial charge is 0.129 e. The second kappa shape index (κ2) is 6.80. The summed E-state index contributed by atoms with van der Waals surface area (Å²) in [6, 6.07) is 7.72. The largest absolute Gasteiger partial charge is 0.497 e. The van der Waals surface area contributed by atoms with E-state index >= 15 is 0 Å². The van der Waals surface area contributed by atoms with Crippen molar-refractivity contribution in [1.82, 2.24) is 0 Å². The van der Waals surface area contributed by atoms with Crippen LogP contribution >= 0.6 is 0 Å². The Bertz CT molecular complexity index is 467. The Morgan fingerprint density at radius 1 is 1.25 bits per heavy atom. The monoisotopic (exact) mass is 278 g/mol. The maximum atomic E-state index is 9.76. The Kier molecular flexibility index (Phi) is 5.63. The third-order valence-corrected chi connectivity index (χ3v) is 3.02. The van der Waals surface area contributed by atoms with Gasteiger partial charge in [0.25, 0.3) is 0 Å². The fourth-order valence-electron chi connectivity index (χ4n) is 1.96. The van der Waals surface area contributed by atoms with Gasteiger partial charge in [-0.2, -0.15) is 0 Å². The molecule has 0 aliphatic heterocycles. The van der Waals surface area contributed by atoms with Crippen LogP contribution in [0.2, 0.25) is 0 Å². The summed E-state index contributed by atoms with van der Waals surface area (Å²) in [5.74, 6) is 1.52. The van der Waals surface area contributed by atoms with E-state index in [2.05, 4.69) is 20.8 Å². The van der Waals surface area contributed by atoms with Crippen LogP contribution in [0.25, 0.3) is 5.76 Å². The van der Waals surface area contributed by atoms with Gasteiger partial charge in [0.05, 0.1) is 19.8 Å². The van der Waals surface area contributed by atoms with Crippen LogP contribution in [0.1, 0.15) is 40.2 Å². The highest BCUT2D eigenvalue weighted by atomic mass is 16.5. The molecular formula is C17H26O3. The second-order valence-electron chi connectivity index (χ2n) is 6.11. The van der Waals surface area contributed by atoms with E-state index in [1.165, 1.54) is 0 Å². The van der Waals surface area contributed by atoms with Gasteiger partial charge in [0.15, 0.2) is 0 Å². The van der Waals surface area contributed by atoms with Gasteiger partial charge >= 0.3 is 0 Å². The van der Waals surface area contributed by atoms with E-state index < -0.39 is 0 Å². The summed E-state index contributed by atoms with van der Waals surface area (Å²) < 4.78 is 11.2. The molecule has 0 aliphatic carbocycles. The second-order valence-corrected chi connectivity index (χ2v) is 6.11. The summed E-state index contributed by atoms with van der Waals surface area (Å²) in [7, 11) is 1.64. The Labute approximate surface area is 122 Å². The van der Waals surface area contributed by atoms with Crippen molar-refractivity contribution in [3.63, 3.8) is 0 Å². The zero-order valence-electron chi connectivity index (χ0n) is 13.4. The van der Waals surface area contributed by atoms with Crippen LogP contribution in [0.15, 0.2) is 29.8 Å². The Morgan fingerprint density at radius 2 is 1.90 bits per heavy atom. The van der Waals surface area contributed by atoms with Crippen LogP contribution in [0.3, 0.4) is 0 Å². The lowest BCUT2D eigenvalue weighted by molar-refractivity contribution is 0.192. The first-order chi connectivity index (χ1) is 9.29. The molecule has 0 spiro atoms. The van der Waals surface area contributed by atoms with Crippen molar-refractivity contribution in [3.05, 3.63) is 35.4 Å². The minimum absolute atomic E-state index is 0.0250. The van der Waals surface area contributed by atoms with Crippen molar-refractivity contribution in [1.29, 1.82) is 0 Å². The van der Waals surface area contributed by atoms with Crippen LogP contribution in [0.5, 0.6) is 5.75 Å². The normalized spacial score (nSPS) is 13.2. The van der Waals surface area contributed by atoms with Crippen LogP contribution < -0.4 is 4.74 Å². The van der Waals surface area contributed by atoms with Gasteiger partial charge in [0.2, 0.25) is 0 Å². The molecule has 1 aromatic rings. The first-order valence-corrected chi connectivity index (χ1v) is 6.95. The van der Waals surface area contributed by atoms with Crippen LogP contribution in [0.4, 0.5) is 0 Å². The number of rotatable bonds is 5. The number of hydrogen-bond acceptors (Lipinski definition) is 3. The summed E-state index contributed by atoms with van der Waals surface area (Å²) in [5, 5.41) is 9.76. The van der Waals surface area contributed by atoms with E-state index in [1.807, 2.05) is 38.1 Å². The topological polar surface area (TPSA) is 38.7 Å². The van der Waals surface area contributed by atoms with Gasteiger partial charge in [-0.05, 0) is 31.4 Å². The predicted octanol–water partition coefficient (Wildman–Crippen LogP) is 3.87. The third-order valence-electron chi connectivity index (χ3n) is 3.02. The van der Waals surface area contributed by atoms with Gasteiger partial charge in [0.1, 0.15) is 11.5 Å². The molecule has 0 unspecified atom stereocenters. The molecule has 0 heterocycles. The SMILES string of the molecule is COc1cccc(/C(OC(C)C)=C(/CO)C(C)(C)C)c1. The molecule has 3 heteroatoms. The van der Waals surface area contributed by atoms with Crippen molar-refractivity contribution < 1.29 is 14.6 Å². The number of aliphatic hydroxyl groups is 1. The summed E-state index contributed by atoms with van der Waals surface area (Å²) in [6.07, 6.45) is 0.0418. The molecule has 112 valence electrons. The Hall–Kier alpha value is -1.48. The molecule has 0 saturated carbocycles. The van der Waals surface area contributed by atoms with E-state index in [-0.39, 0.29) is 18.1 Å². The average molecular weight is 278 g/mol. The van der Waals surface area contributed by atoms with Gasteiger partial charge in [-0.3, -0.25) is 0 Å². The molecule has 0 saturated heterocycles. The molecule has 20 heavy (non-hydrogen) atoms. The maximum absolute atomic E-state index is 9.76.